The van der Waals surface area contributed by atoms with E-state index in [0.717, 1.165) is 5.56 Å². The monoisotopic (exact) mass is 317 g/mol. The van der Waals surface area contributed by atoms with Gasteiger partial charge < -0.3 is 10.4 Å². The van der Waals surface area contributed by atoms with Crippen LogP contribution in [0.4, 0.5) is 13.2 Å². The van der Waals surface area contributed by atoms with Crippen molar-refractivity contribution < 1.29 is 27.9 Å². The van der Waals surface area contributed by atoms with Crippen LogP contribution in [0.15, 0.2) is 30.3 Å². The number of carbonyl (C=O) groups is 2. The lowest BCUT2D eigenvalue weighted by molar-refractivity contribution is -0.160. The van der Waals surface area contributed by atoms with Gasteiger partial charge in [0.05, 0.1) is 6.42 Å². The maximum atomic E-state index is 12.2. The quantitative estimate of drug-likeness (QED) is 0.812. The van der Waals surface area contributed by atoms with E-state index in [1.807, 2.05) is 42.6 Å². The zero-order valence-corrected chi connectivity index (χ0v) is 12.1. The van der Waals surface area contributed by atoms with Gasteiger partial charge in [0.15, 0.2) is 0 Å². The minimum Gasteiger partial charge on any atom is -0.480 e. The number of carboxylic acid groups (broad SMARTS) is 1. The number of hydrogen-bond donors (Lipinski definition) is 2. The van der Waals surface area contributed by atoms with Gasteiger partial charge in [-0.05, 0) is 17.9 Å². The van der Waals surface area contributed by atoms with Crippen LogP contribution in [-0.4, -0.2) is 29.2 Å². The summed E-state index contributed by atoms with van der Waals surface area (Å²) in [5.41, 5.74) is 1.01. The van der Waals surface area contributed by atoms with Crippen molar-refractivity contribution in [2.75, 3.05) is 0 Å². The Balaban J connectivity index is 2.49. The standard InChI is InChI=1S/C15H18F3NO3/c1-10(11-5-3-2-4-6-11)7-8-13(20)19-12(14(21)22)9-15(16,17)18/h2-6,10,12H,7-9H2,1H3,(H,19,20)(H,21,22). The fourth-order valence-corrected chi connectivity index (χ4v) is 1.99. The molecule has 2 atom stereocenters. The van der Waals surface area contributed by atoms with Crippen molar-refractivity contribution in [2.24, 2.45) is 0 Å². The Morgan fingerprint density at radius 3 is 2.32 bits per heavy atom. The molecule has 0 fully saturated rings. The molecule has 0 aliphatic rings. The first kappa shape index (κ1) is 18.0. The molecular formula is C15H18F3NO3. The molecule has 0 heterocycles. The molecule has 0 radical (unpaired) electrons. The zero-order chi connectivity index (χ0) is 16.8. The normalized spacial score (nSPS) is 14.2. The lowest BCUT2D eigenvalue weighted by atomic mass is 9.96. The molecule has 0 aliphatic carbocycles. The summed E-state index contributed by atoms with van der Waals surface area (Å²) in [6, 6.07) is 7.42. The Morgan fingerprint density at radius 2 is 1.82 bits per heavy atom. The molecule has 0 spiro atoms. The Morgan fingerprint density at radius 1 is 1.23 bits per heavy atom. The predicted octanol–water partition coefficient (Wildman–Crippen LogP) is 3.09. The lowest BCUT2D eigenvalue weighted by Crippen LogP contribution is -2.43. The Bertz CT molecular complexity index is 503. The van der Waals surface area contributed by atoms with Crippen LogP contribution in [0.5, 0.6) is 0 Å². The molecule has 7 heteroatoms. The number of rotatable bonds is 7. The lowest BCUT2D eigenvalue weighted by Gasteiger charge is -2.17. The van der Waals surface area contributed by atoms with E-state index in [9.17, 15) is 22.8 Å². The number of benzene rings is 1. The van der Waals surface area contributed by atoms with Crippen LogP contribution in [0.1, 0.15) is 37.7 Å². The smallest absolute Gasteiger partial charge is 0.391 e. The molecule has 22 heavy (non-hydrogen) atoms. The van der Waals surface area contributed by atoms with Gasteiger partial charge in [0, 0.05) is 6.42 Å². The van der Waals surface area contributed by atoms with E-state index in [2.05, 4.69) is 0 Å². The number of alkyl halides is 3. The minimum absolute atomic E-state index is 0.0301. The maximum Gasteiger partial charge on any atom is 0.391 e. The van der Waals surface area contributed by atoms with E-state index in [1.165, 1.54) is 0 Å². The van der Waals surface area contributed by atoms with Crippen LogP contribution in [-0.2, 0) is 9.59 Å². The average molecular weight is 317 g/mol. The molecule has 0 aromatic heterocycles. The molecule has 4 nitrogen and oxygen atoms in total. The first-order valence-corrected chi connectivity index (χ1v) is 6.83. The van der Waals surface area contributed by atoms with Crippen molar-refractivity contribution in [3.8, 4) is 0 Å². The summed E-state index contributed by atoms with van der Waals surface area (Å²) >= 11 is 0. The minimum atomic E-state index is -4.65. The summed E-state index contributed by atoms with van der Waals surface area (Å²) in [6.45, 7) is 1.90. The second-order valence-electron chi connectivity index (χ2n) is 5.13. The van der Waals surface area contributed by atoms with Crippen molar-refractivity contribution in [1.82, 2.24) is 5.32 Å². The van der Waals surface area contributed by atoms with Crippen molar-refractivity contribution in [1.29, 1.82) is 0 Å². The first-order chi connectivity index (χ1) is 10.2. The largest absolute Gasteiger partial charge is 0.480 e. The molecule has 0 saturated heterocycles. The van der Waals surface area contributed by atoms with Gasteiger partial charge in [-0.15, -0.1) is 0 Å². The van der Waals surface area contributed by atoms with E-state index in [0.29, 0.717) is 6.42 Å². The van der Waals surface area contributed by atoms with Crippen LogP contribution in [0.2, 0.25) is 0 Å². The topological polar surface area (TPSA) is 66.4 Å². The summed E-state index contributed by atoms with van der Waals surface area (Å²) < 4.78 is 36.7. The molecule has 1 rings (SSSR count). The molecular weight excluding hydrogens is 299 g/mol. The summed E-state index contributed by atoms with van der Waals surface area (Å²) in [5, 5.41) is 10.6. The number of aliphatic carboxylic acids is 1. The van der Waals surface area contributed by atoms with Crippen molar-refractivity contribution in [3.05, 3.63) is 35.9 Å². The summed E-state index contributed by atoms with van der Waals surface area (Å²) in [4.78, 5) is 22.4. The Hall–Kier alpha value is -2.05. The summed E-state index contributed by atoms with van der Waals surface area (Å²) in [7, 11) is 0. The van der Waals surface area contributed by atoms with E-state index >= 15 is 0 Å². The Kier molecular flexibility index (Phi) is 6.39. The first-order valence-electron chi connectivity index (χ1n) is 6.83. The van der Waals surface area contributed by atoms with Gasteiger partial charge in [0.25, 0.3) is 0 Å². The third kappa shape index (κ3) is 6.60. The SMILES string of the molecule is CC(CCC(=O)NC(CC(F)(F)F)C(=O)O)c1ccccc1. The molecule has 0 bridgehead atoms. The summed E-state index contributed by atoms with van der Waals surface area (Å²) in [5.74, 6) is -2.33. The molecule has 1 aromatic carbocycles. The van der Waals surface area contributed by atoms with E-state index in [4.69, 9.17) is 5.11 Å². The highest BCUT2D eigenvalue weighted by Gasteiger charge is 2.36. The van der Waals surface area contributed by atoms with Crippen LogP contribution >= 0.6 is 0 Å². The van der Waals surface area contributed by atoms with Crippen LogP contribution in [0.3, 0.4) is 0 Å². The van der Waals surface area contributed by atoms with Gasteiger partial charge in [-0.2, -0.15) is 13.2 Å². The van der Waals surface area contributed by atoms with Gasteiger partial charge in [0.1, 0.15) is 6.04 Å². The molecule has 1 aromatic rings. The van der Waals surface area contributed by atoms with Crippen molar-refractivity contribution in [3.63, 3.8) is 0 Å². The van der Waals surface area contributed by atoms with E-state index < -0.39 is 30.5 Å². The molecule has 122 valence electrons. The van der Waals surface area contributed by atoms with Crippen LogP contribution in [0, 0.1) is 0 Å². The third-order valence-electron chi connectivity index (χ3n) is 3.24. The fourth-order valence-electron chi connectivity index (χ4n) is 1.99. The van der Waals surface area contributed by atoms with Gasteiger partial charge in [-0.25, -0.2) is 4.79 Å². The third-order valence-corrected chi connectivity index (χ3v) is 3.24. The molecule has 2 N–H and O–H groups in total. The van der Waals surface area contributed by atoms with Gasteiger partial charge in [0.2, 0.25) is 5.91 Å². The predicted molar refractivity (Wildman–Crippen MR) is 74.3 cm³/mol. The molecule has 0 saturated carbocycles. The van der Waals surface area contributed by atoms with Crippen molar-refractivity contribution >= 4 is 11.9 Å². The zero-order valence-electron chi connectivity index (χ0n) is 12.1. The number of halogens is 3. The van der Waals surface area contributed by atoms with Crippen LogP contribution < -0.4 is 5.32 Å². The van der Waals surface area contributed by atoms with Gasteiger partial charge in [-0.3, -0.25) is 4.79 Å². The van der Waals surface area contributed by atoms with E-state index in [-0.39, 0.29) is 12.3 Å². The fraction of sp³-hybridized carbons (Fsp3) is 0.467. The maximum absolute atomic E-state index is 12.2. The number of carbonyl (C=O) groups excluding carboxylic acids is 1. The molecule has 2 unspecified atom stereocenters. The Labute approximate surface area is 126 Å². The molecule has 1 amide bonds. The molecule has 0 aliphatic heterocycles. The highest BCUT2D eigenvalue weighted by molar-refractivity contribution is 5.83. The highest BCUT2D eigenvalue weighted by atomic mass is 19.4. The second kappa shape index (κ2) is 7.82. The summed E-state index contributed by atoms with van der Waals surface area (Å²) in [6.07, 6.45) is -5.83. The van der Waals surface area contributed by atoms with E-state index in [1.54, 1.807) is 0 Å². The number of carboxylic acids is 1. The number of amides is 1. The second-order valence-corrected chi connectivity index (χ2v) is 5.13. The van der Waals surface area contributed by atoms with Gasteiger partial charge in [-0.1, -0.05) is 37.3 Å². The van der Waals surface area contributed by atoms with Gasteiger partial charge >= 0.3 is 12.1 Å². The van der Waals surface area contributed by atoms with Crippen molar-refractivity contribution in [2.45, 2.75) is 44.3 Å². The average Bonchev–Trinajstić information content (AvgIpc) is 2.43. The highest BCUT2D eigenvalue weighted by Crippen LogP contribution is 2.22. The van der Waals surface area contributed by atoms with Crippen LogP contribution in [0.25, 0.3) is 0 Å². The number of hydrogen-bond acceptors (Lipinski definition) is 2. The number of nitrogens with one attached hydrogen (secondary N) is 1.